The maximum atomic E-state index is 13.0. The van der Waals surface area contributed by atoms with Gasteiger partial charge in [-0.05, 0) is 61.2 Å². The van der Waals surface area contributed by atoms with Crippen LogP contribution in [-0.4, -0.2) is 44.3 Å². The van der Waals surface area contributed by atoms with E-state index in [2.05, 4.69) is 6.92 Å². The van der Waals surface area contributed by atoms with Crippen molar-refractivity contribution in [2.45, 2.75) is 40.2 Å². The minimum absolute atomic E-state index is 0.0628. The SMILES string of the molecule is CCCOc1ccc(CN(CCC)C(=O)/C=C/c2ccc(OCC#N)c(OC)c2)cc1OCC. The molecule has 182 valence electrons. The average molecular weight is 467 g/mol. The number of amides is 1. The highest BCUT2D eigenvalue weighted by Gasteiger charge is 2.13. The van der Waals surface area contributed by atoms with E-state index in [0.717, 1.165) is 29.7 Å². The van der Waals surface area contributed by atoms with Crippen molar-refractivity contribution in [2.75, 3.05) is 33.5 Å². The molecule has 0 unspecified atom stereocenters. The van der Waals surface area contributed by atoms with Crippen molar-refractivity contribution in [3.8, 4) is 29.1 Å². The number of carbonyl (C=O) groups excluding carboxylic acids is 1. The Labute approximate surface area is 202 Å². The van der Waals surface area contributed by atoms with E-state index in [4.69, 9.17) is 24.2 Å². The van der Waals surface area contributed by atoms with Gasteiger partial charge in [-0.2, -0.15) is 5.26 Å². The van der Waals surface area contributed by atoms with Crippen LogP contribution in [0.5, 0.6) is 23.0 Å². The summed E-state index contributed by atoms with van der Waals surface area (Å²) in [5, 5.41) is 8.70. The van der Waals surface area contributed by atoms with E-state index in [1.807, 2.05) is 44.2 Å². The number of nitrogens with zero attached hydrogens (tertiary/aromatic N) is 2. The highest BCUT2D eigenvalue weighted by molar-refractivity contribution is 5.91. The van der Waals surface area contributed by atoms with Crippen LogP contribution in [0.2, 0.25) is 0 Å². The Morgan fingerprint density at radius 3 is 2.41 bits per heavy atom. The molecule has 34 heavy (non-hydrogen) atoms. The van der Waals surface area contributed by atoms with E-state index in [1.54, 1.807) is 29.2 Å². The van der Waals surface area contributed by atoms with Gasteiger partial charge in [-0.25, -0.2) is 0 Å². The van der Waals surface area contributed by atoms with Crippen LogP contribution < -0.4 is 18.9 Å². The van der Waals surface area contributed by atoms with Crippen LogP contribution in [0.1, 0.15) is 44.7 Å². The molecule has 2 aromatic carbocycles. The van der Waals surface area contributed by atoms with Gasteiger partial charge in [0.05, 0.1) is 20.3 Å². The van der Waals surface area contributed by atoms with Gasteiger partial charge in [0.15, 0.2) is 29.6 Å². The zero-order valence-electron chi connectivity index (χ0n) is 20.5. The lowest BCUT2D eigenvalue weighted by Gasteiger charge is -2.21. The molecule has 0 N–H and O–H groups in total. The third-order valence-electron chi connectivity index (χ3n) is 4.85. The van der Waals surface area contributed by atoms with Gasteiger partial charge in [0.25, 0.3) is 0 Å². The second-order valence-corrected chi connectivity index (χ2v) is 7.51. The van der Waals surface area contributed by atoms with Crippen molar-refractivity contribution in [2.24, 2.45) is 0 Å². The molecule has 0 saturated heterocycles. The summed E-state index contributed by atoms with van der Waals surface area (Å²) in [4.78, 5) is 14.8. The lowest BCUT2D eigenvalue weighted by molar-refractivity contribution is -0.126. The van der Waals surface area contributed by atoms with Crippen LogP contribution in [0.15, 0.2) is 42.5 Å². The molecule has 1 amide bonds. The number of rotatable bonds is 14. The number of methoxy groups -OCH3 is 1. The summed E-state index contributed by atoms with van der Waals surface area (Å²) in [5.74, 6) is 2.31. The topological polar surface area (TPSA) is 81.0 Å². The monoisotopic (exact) mass is 466 g/mol. The zero-order valence-corrected chi connectivity index (χ0v) is 20.5. The molecule has 0 aromatic heterocycles. The molecule has 0 spiro atoms. The number of hydrogen-bond donors (Lipinski definition) is 0. The average Bonchev–Trinajstić information content (AvgIpc) is 2.85. The Hall–Kier alpha value is -3.66. The Balaban J connectivity index is 2.15. The van der Waals surface area contributed by atoms with Crippen LogP contribution >= 0.6 is 0 Å². The minimum Gasteiger partial charge on any atom is -0.493 e. The second-order valence-electron chi connectivity index (χ2n) is 7.51. The van der Waals surface area contributed by atoms with E-state index in [1.165, 1.54) is 7.11 Å². The summed E-state index contributed by atoms with van der Waals surface area (Å²) in [5.41, 5.74) is 1.77. The number of nitriles is 1. The van der Waals surface area contributed by atoms with Crippen molar-refractivity contribution in [1.82, 2.24) is 4.90 Å². The highest BCUT2D eigenvalue weighted by atomic mass is 16.5. The fourth-order valence-electron chi connectivity index (χ4n) is 3.30. The maximum absolute atomic E-state index is 13.0. The molecule has 0 fully saturated rings. The first-order valence-electron chi connectivity index (χ1n) is 11.6. The highest BCUT2D eigenvalue weighted by Crippen LogP contribution is 2.30. The first-order chi connectivity index (χ1) is 16.6. The van der Waals surface area contributed by atoms with Crippen molar-refractivity contribution in [1.29, 1.82) is 5.26 Å². The molecular weight excluding hydrogens is 432 g/mol. The van der Waals surface area contributed by atoms with Gasteiger partial charge in [0.2, 0.25) is 5.91 Å². The van der Waals surface area contributed by atoms with Crippen molar-refractivity contribution in [3.05, 3.63) is 53.6 Å². The van der Waals surface area contributed by atoms with Crippen molar-refractivity contribution >= 4 is 12.0 Å². The Morgan fingerprint density at radius 1 is 0.971 bits per heavy atom. The van der Waals surface area contributed by atoms with Crippen LogP contribution in [-0.2, 0) is 11.3 Å². The molecular formula is C27H34N2O5. The maximum Gasteiger partial charge on any atom is 0.246 e. The molecule has 2 rings (SSSR count). The molecule has 7 heteroatoms. The molecule has 0 saturated carbocycles. The standard InChI is InChI=1S/C27H34N2O5/c1-5-15-29(20-22-9-12-24(33-16-6-2)26(19-22)32-7-3)27(30)13-10-21-8-11-23(34-17-14-28)25(18-21)31-4/h8-13,18-19H,5-7,15-17,20H2,1-4H3/b13-10+. The fourth-order valence-corrected chi connectivity index (χ4v) is 3.30. The Kier molecular flexibility index (Phi) is 11.3. The van der Waals surface area contributed by atoms with Gasteiger partial charge >= 0.3 is 0 Å². The van der Waals surface area contributed by atoms with Crippen LogP contribution in [0, 0.1) is 11.3 Å². The van der Waals surface area contributed by atoms with Gasteiger partial charge < -0.3 is 23.8 Å². The lowest BCUT2D eigenvalue weighted by Crippen LogP contribution is -2.29. The van der Waals surface area contributed by atoms with E-state index >= 15 is 0 Å². The quantitative estimate of drug-likeness (QED) is 0.354. The fraction of sp³-hybridized carbons (Fsp3) is 0.407. The Morgan fingerprint density at radius 2 is 1.74 bits per heavy atom. The van der Waals surface area contributed by atoms with Gasteiger partial charge in [0.1, 0.15) is 6.07 Å². The Bertz CT molecular complexity index is 997. The molecule has 0 heterocycles. The first kappa shape index (κ1) is 26.6. The largest absolute Gasteiger partial charge is 0.493 e. The number of benzene rings is 2. The summed E-state index contributed by atoms with van der Waals surface area (Å²) in [6.45, 7) is 8.24. The molecule has 0 atom stereocenters. The summed E-state index contributed by atoms with van der Waals surface area (Å²) in [6, 6.07) is 13.1. The van der Waals surface area contributed by atoms with E-state index in [0.29, 0.717) is 43.6 Å². The van der Waals surface area contributed by atoms with Gasteiger partial charge in [-0.1, -0.05) is 26.0 Å². The predicted octanol–water partition coefficient (Wildman–Crippen LogP) is 5.24. The van der Waals surface area contributed by atoms with Crippen molar-refractivity contribution in [3.63, 3.8) is 0 Å². The predicted molar refractivity (Wildman–Crippen MR) is 132 cm³/mol. The summed E-state index contributed by atoms with van der Waals surface area (Å²) >= 11 is 0. The molecule has 0 aliphatic heterocycles. The normalized spacial score (nSPS) is 10.6. The summed E-state index contributed by atoms with van der Waals surface area (Å²) in [6.07, 6.45) is 5.06. The molecule has 7 nitrogen and oxygen atoms in total. The molecule has 0 aliphatic carbocycles. The smallest absolute Gasteiger partial charge is 0.246 e. The molecule has 0 radical (unpaired) electrons. The van der Waals surface area contributed by atoms with E-state index < -0.39 is 0 Å². The summed E-state index contributed by atoms with van der Waals surface area (Å²) in [7, 11) is 1.53. The van der Waals surface area contributed by atoms with Gasteiger partial charge in [-0.15, -0.1) is 0 Å². The zero-order chi connectivity index (χ0) is 24.8. The molecule has 0 aliphatic rings. The number of carbonyl (C=O) groups is 1. The first-order valence-corrected chi connectivity index (χ1v) is 11.6. The molecule has 2 aromatic rings. The van der Waals surface area contributed by atoms with E-state index in [-0.39, 0.29) is 12.5 Å². The number of ether oxygens (including phenoxy) is 4. The second kappa shape index (κ2) is 14.5. The van der Waals surface area contributed by atoms with E-state index in [9.17, 15) is 4.79 Å². The molecule has 0 bridgehead atoms. The van der Waals surface area contributed by atoms with Gasteiger partial charge in [0, 0.05) is 19.2 Å². The summed E-state index contributed by atoms with van der Waals surface area (Å²) < 4.78 is 22.2. The third-order valence-corrected chi connectivity index (χ3v) is 4.85. The van der Waals surface area contributed by atoms with Crippen LogP contribution in [0.4, 0.5) is 0 Å². The van der Waals surface area contributed by atoms with Crippen molar-refractivity contribution < 1.29 is 23.7 Å². The van der Waals surface area contributed by atoms with Crippen LogP contribution in [0.25, 0.3) is 6.08 Å². The lowest BCUT2D eigenvalue weighted by atomic mass is 10.1. The third kappa shape index (κ3) is 8.04. The minimum atomic E-state index is -0.0881. The number of hydrogen-bond acceptors (Lipinski definition) is 6. The van der Waals surface area contributed by atoms with Gasteiger partial charge in [-0.3, -0.25) is 4.79 Å². The van der Waals surface area contributed by atoms with Crippen LogP contribution in [0.3, 0.4) is 0 Å².